The van der Waals surface area contributed by atoms with Gasteiger partial charge < -0.3 is 9.74 Å². The Morgan fingerprint density at radius 3 is 2.71 bits per heavy atom. The Kier molecular flexibility index (Phi) is 1.10. The minimum atomic E-state index is 0.425. The summed E-state index contributed by atoms with van der Waals surface area (Å²) in [5.74, 6) is 2.70. The van der Waals surface area contributed by atoms with Gasteiger partial charge in [0.1, 0.15) is 6.10 Å². The predicted octanol–water partition coefficient (Wildman–Crippen LogP) is 0.0953. The molecule has 4 aliphatic rings. The first-order chi connectivity index (χ1) is 6.88. The maximum atomic E-state index is 10.5. The summed E-state index contributed by atoms with van der Waals surface area (Å²) in [4.78, 5) is 17.7. The Morgan fingerprint density at radius 2 is 2.21 bits per heavy atom. The highest BCUT2D eigenvalue weighted by Crippen LogP contribution is 2.57. The molecule has 2 aliphatic carbocycles. The Morgan fingerprint density at radius 1 is 1.43 bits per heavy atom. The molecule has 4 heteroatoms. The van der Waals surface area contributed by atoms with E-state index in [1.807, 2.05) is 4.90 Å². The van der Waals surface area contributed by atoms with Crippen LogP contribution < -0.4 is 0 Å². The lowest BCUT2D eigenvalue weighted by Crippen LogP contribution is -2.25. The van der Waals surface area contributed by atoms with E-state index in [1.54, 1.807) is 0 Å². The summed E-state index contributed by atoms with van der Waals surface area (Å²) in [6.07, 6.45) is 2.58. The number of carbonyl (C=O) groups excluding carboxylic acids is 1. The molecule has 14 heavy (non-hydrogen) atoms. The van der Waals surface area contributed by atoms with E-state index in [1.165, 1.54) is 12.1 Å². The maximum absolute atomic E-state index is 10.5. The summed E-state index contributed by atoms with van der Waals surface area (Å²) in [5.41, 5.74) is 1.32. The minimum absolute atomic E-state index is 0.425. The van der Waals surface area contributed by atoms with Crippen molar-refractivity contribution in [2.24, 2.45) is 28.8 Å². The first kappa shape index (κ1) is 7.26. The van der Waals surface area contributed by atoms with Gasteiger partial charge in [-0.2, -0.15) is 0 Å². The molecule has 4 rings (SSSR count). The molecular weight excluding hydrogens is 180 g/mol. The number of hydrogen-bond donors (Lipinski definition) is 0. The van der Waals surface area contributed by atoms with Gasteiger partial charge in [0.15, 0.2) is 0 Å². The molecule has 2 aliphatic heterocycles. The van der Waals surface area contributed by atoms with Gasteiger partial charge in [-0.25, -0.2) is 0 Å². The maximum Gasteiger partial charge on any atom is 0.209 e. The van der Waals surface area contributed by atoms with E-state index in [0.29, 0.717) is 29.8 Å². The van der Waals surface area contributed by atoms with Crippen molar-refractivity contribution in [3.8, 4) is 0 Å². The molecule has 74 valence electrons. The second-order valence-corrected chi connectivity index (χ2v) is 4.92. The largest absolute Gasteiger partial charge is 0.392 e. The number of hydrogen-bond acceptors (Lipinski definition) is 3. The van der Waals surface area contributed by atoms with Crippen LogP contribution >= 0.6 is 0 Å². The van der Waals surface area contributed by atoms with Crippen LogP contribution in [0.3, 0.4) is 0 Å². The van der Waals surface area contributed by atoms with Gasteiger partial charge in [0.2, 0.25) is 6.41 Å². The van der Waals surface area contributed by atoms with Gasteiger partial charge in [0.05, 0.1) is 5.71 Å². The fourth-order valence-corrected chi connectivity index (χ4v) is 3.19. The second-order valence-electron chi connectivity index (χ2n) is 4.92. The van der Waals surface area contributed by atoms with Crippen molar-refractivity contribution in [1.29, 1.82) is 0 Å². The van der Waals surface area contributed by atoms with Crippen LogP contribution in [0.5, 0.6) is 0 Å². The number of rotatable bonds is 2. The van der Waals surface area contributed by atoms with Crippen LogP contribution in [0.25, 0.3) is 0 Å². The van der Waals surface area contributed by atoms with Crippen molar-refractivity contribution >= 4 is 12.1 Å². The van der Waals surface area contributed by atoms with Gasteiger partial charge in [0, 0.05) is 24.9 Å². The third-order valence-electron chi connectivity index (χ3n) is 4.12. The lowest BCUT2D eigenvalue weighted by molar-refractivity contribution is -0.117. The number of fused-ring (bicyclic) bond motifs is 2. The molecule has 1 amide bonds. The summed E-state index contributed by atoms with van der Waals surface area (Å²) >= 11 is 0. The molecule has 0 aromatic carbocycles. The lowest BCUT2D eigenvalue weighted by atomic mass is 10.1. The smallest absolute Gasteiger partial charge is 0.209 e. The summed E-state index contributed by atoms with van der Waals surface area (Å²) in [6.45, 7) is 1.88. The molecule has 3 fully saturated rings. The SMILES string of the molecule is O=CN1CC2C(C1)C2C1=NO[C@H]2C[C@@H]12. The highest BCUT2D eigenvalue weighted by atomic mass is 16.7. The Labute approximate surface area is 81.9 Å². The lowest BCUT2D eigenvalue weighted by Gasteiger charge is -2.13. The summed E-state index contributed by atoms with van der Waals surface area (Å²) in [6, 6.07) is 0. The number of carbonyl (C=O) groups is 1. The summed E-state index contributed by atoms with van der Waals surface area (Å²) in [5, 5.41) is 4.17. The van der Waals surface area contributed by atoms with Crippen molar-refractivity contribution in [2.75, 3.05) is 13.1 Å². The molecule has 0 N–H and O–H groups in total. The topological polar surface area (TPSA) is 41.9 Å². The first-order valence-corrected chi connectivity index (χ1v) is 5.31. The highest BCUT2D eigenvalue weighted by Gasteiger charge is 2.64. The monoisotopic (exact) mass is 192 g/mol. The molecular formula is C10H12N2O2. The van der Waals surface area contributed by atoms with Crippen molar-refractivity contribution in [3.05, 3.63) is 0 Å². The first-order valence-electron chi connectivity index (χ1n) is 5.31. The van der Waals surface area contributed by atoms with Gasteiger partial charge in [-0.1, -0.05) is 5.16 Å². The van der Waals surface area contributed by atoms with Gasteiger partial charge in [-0.15, -0.1) is 0 Å². The van der Waals surface area contributed by atoms with Gasteiger partial charge in [0.25, 0.3) is 0 Å². The van der Waals surface area contributed by atoms with Gasteiger partial charge in [-0.3, -0.25) is 4.79 Å². The standard InChI is InChI=1S/C10H12N2O2/c13-4-12-2-6-7(3-12)9(6)10-5-1-8(5)14-11-10/h4-9H,1-3H2/t5-,6?,7?,8+,9?/m1/s1. The molecule has 0 bridgehead atoms. The average molecular weight is 192 g/mol. The van der Waals surface area contributed by atoms with Crippen molar-refractivity contribution in [1.82, 2.24) is 4.90 Å². The fourth-order valence-electron chi connectivity index (χ4n) is 3.19. The van der Waals surface area contributed by atoms with Crippen LogP contribution in [-0.4, -0.2) is 36.2 Å². The molecule has 1 saturated heterocycles. The van der Waals surface area contributed by atoms with Crippen LogP contribution in [0.1, 0.15) is 6.42 Å². The molecule has 2 unspecified atom stereocenters. The number of nitrogens with zero attached hydrogens (tertiary/aromatic N) is 2. The molecule has 4 atom stereocenters. The predicted molar refractivity (Wildman–Crippen MR) is 48.5 cm³/mol. The van der Waals surface area contributed by atoms with Crippen LogP contribution in [0.2, 0.25) is 0 Å². The number of likely N-dealkylation sites (tertiary alicyclic amines) is 1. The van der Waals surface area contributed by atoms with Crippen LogP contribution in [0.15, 0.2) is 5.16 Å². The molecule has 2 saturated carbocycles. The molecule has 0 spiro atoms. The molecule has 0 aromatic rings. The molecule has 2 heterocycles. The van der Waals surface area contributed by atoms with Gasteiger partial charge in [-0.05, 0) is 18.3 Å². The average Bonchev–Trinajstić information content (AvgIpc) is 3.03. The summed E-state index contributed by atoms with van der Waals surface area (Å²) < 4.78 is 0. The zero-order valence-corrected chi connectivity index (χ0v) is 7.80. The third kappa shape index (κ3) is 0.751. The van der Waals surface area contributed by atoms with Gasteiger partial charge >= 0.3 is 0 Å². The van der Waals surface area contributed by atoms with E-state index in [4.69, 9.17) is 4.84 Å². The zero-order valence-electron chi connectivity index (χ0n) is 7.80. The second kappa shape index (κ2) is 2.12. The number of piperidine rings is 1. The highest BCUT2D eigenvalue weighted by molar-refractivity contribution is 5.95. The van der Waals surface area contributed by atoms with Crippen molar-refractivity contribution in [2.45, 2.75) is 12.5 Å². The molecule has 0 radical (unpaired) electrons. The van der Waals surface area contributed by atoms with Crippen LogP contribution in [0.4, 0.5) is 0 Å². The molecule has 0 aromatic heterocycles. The van der Waals surface area contributed by atoms with E-state index in [-0.39, 0.29) is 0 Å². The number of amides is 1. The summed E-state index contributed by atoms with van der Waals surface area (Å²) in [7, 11) is 0. The number of oxime groups is 1. The quantitative estimate of drug-likeness (QED) is 0.582. The van der Waals surface area contributed by atoms with E-state index in [9.17, 15) is 4.79 Å². The fraction of sp³-hybridized carbons (Fsp3) is 0.800. The normalized spacial score (nSPS) is 51.9. The van der Waals surface area contributed by atoms with E-state index in [0.717, 1.165) is 19.5 Å². The Balaban J connectivity index is 1.50. The van der Waals surface area contributed by atoms with Crippen LogP contribution in [0, 0.1) is 23.7 Å². The Hall–Kier alpha value is -1.06. The minimum Gasteiger partial charge on any atom is -0.392 e. The van der Waals surface area contributed by atoms with Crippen LogP contribution in [-0.2, 0) is 9.63 Å². The van der Waals surface area contributed by atoms with Crippen molar-refractivity contribution in [3.63, 3.8) is 0 Å². The third-order valence-corrected chi connectivity index (χ3v) is 4.12. The van der Waals surface area contributed by atoms with E-state index in [2.05, 4.69) is 5.16 Å². The Bertz CT molecular complexity index is 329. The molecule has 4 nitrogen and oxygen atoms in total. The van der Waals surface area contributed by atoms with Crippen molar-refractivity contribution < 1.29 is 9.63 Å². The van der Waals surface area contributed by atoms with E-state index < -0.39 is 0 Å². The van der Waals surface area contributed by atoms with E-state index >= 15 is 0 Å². The zero-order chi connectivity index (χ0) is 9.28.